The van der Waals surface area contributed by atoms with Gasteiger partial charge in [-0.25, -0.2) is 9.67 Å². The molecule has 4 rings (SSSR count). The number of carbonyl (C=O) groups is 1. The maximum absolute atomic E-state index is 12.5. The lowest BCUT2D eigenvalue weighted by Crippen LogP contribution is -2.12. The molecule has 2 heterocycles. The van der Waals surface area contributed by atoms with E-state index in [4.69, 9.17) is 4.74 Å². The minimum absolute atomic E-state index is 0.155. The minimum atomic E-state index is -0.214. The van der Waals surface area contributed by atoms with Crippen LogP contribution in [0.25, 0.3) is 10.2 Å². The van der Waals surface area contributed by atoms with E-state index < -0.39 is 0 Å². The number of tetrazole rings is 1. The minimum Gasteiger partial charge on any atom is -0.486 e. The molecule has 0 aliphatic heterocycles. The molecule has 0 saturated carbocycles. The van der Waals surface area contributed by atoms with E-state index in [9.17, 15) is 4.79 Å². The van der Waals surface area contributed by atoms with E-state index in [-0.39, 0.29) is 18.6 Å². The van der Waals surface area contributed by atoms with Crippen molar-refractivity contribution < 1.29 is 9.53 Å². The Labute approximate surface area is 165 Å². The highest BCUT2D eigenvalue weighted by molar-refractivity contribution is 7.22. The van der Waals surface area contributed by atoms with E-state index in [1.807, 2.05) is 38.1 Å². The number of hydrogen-bond donors (Lipinski definition) is 1. The van der Waals surface area contributed by atoms with E-state index in [2.05, 4.69) is 25.8 Å². The molecule has 1 N–H and O–H groups in total. The molecular weight excluding hydrogens is 376 g/mol. The lowest BCUT2D eigenvalue weighted by molar-refractivity contribution is 0.102. The standard InChI is InChI=1S/C19H18N6O2S/c1-12(2)25-17(22-23-24-25)11-27-14-9-7-13(8-10-14)18(26)21-19-20-15-5-3-4-6-16(15)28-19/h3-10,12H,11H2,1-2H3,(H,20,21,26). The summed E-state index contributed by atoms with van der Waals surface area (Å²) in [5.41, 5.74) is 1.40. The van der Waals surface area contributed by atoms with Gasteiger partial charge in [0.1, 0.15) is 12.4 Å². The zero-order valence-corrected chi connectivity index (χ0v) is 16.2. The molecule has 2 aromatic carbocycles. The van der Waals surface area contributed by atoms with Crippen molar-refractivity contribution in [2.75, 3.05) is 5.32 Å². The molecule has 0 spiro atoms. The van der Waals surface area contributed by atoms with Gasteiger partial charge in [-0.1, -0.05) is 23.5 Å². The maximum atomic E-state index is 12.5. The molecule has 8 nitrogen and oxygen atoms in total. The highest BCUT2D eigenvalue weighted by Crippen LogP contribution is 2.26. The molecule has 142 valence electrons. The lowest BCUT2D eigenvalue weighted by Gasteiger charge is -2.09. The second kappa shape index (κ2) is 7.73. The van der Waals surface area contributed by atoms with Crippen LogP contribution in [0.5, 0.6) is 5.75 Å². The number of anilines is 1. The first kappa shape index (κ1) is 18.1. The summed E-state index contributed by atoms with van der Waals surface area (Å²) in [4.78, 5) is 16.9. The third kappa shape index (κ3) is 3.84. The van der Waals surface area contributed by atoms with Crippen molar-refractivity contribution in [3.8, 4) is 5.75 Å². The van der Waals surface area contributed by atoms with Crippen LogP contribution >= 0.6 is 11.3 Å². The fourth-order valence-corrected chi connectivity index (χ4v) is 3.51. The fourth-order valence-electron chi connectivity index (χ4n) is 2.65. The number of ether oxygens (including phenoxy) is 1. The number of fused-ring (bicyclic) bond motifs is 1. The second-order valence-corrected chi connectivity index (χ2v) is 7.42. The van der Waals surface area contributed by atoms with Crippen molar-refractivity contribution in [1.82, 2.24) is 25.2 Å². The Bertz CT molecular complexity index is 1070. The predicted molar refractivity (Wildman–Crippen MR) is 107 cm³/mol. The number of para-hydroxylation sites is 1. The van der Waals surface area contributed by atoms with Gasteiger partial charge in [0.15, 0.2) is 11.0 Å². The molecule has 28 heavy (non-hydrogen) atoms. The number of amides is 1. The first-order valence-electron chi connectivity index (χ1n) is 8.76. The van der Waals surface area contributed by atoms with Crippen LogP contribution in [-0.4, -0.2) is 31.1 Å². The van der Waals surface area contributed by atoms with E-state index in [0.29, 0.717) is 22.3 Å². The molecular formula is C19H18N6O2S. The van der Waals surface area contributed by atoms with E-state index in [0.717, 1.165) is 10.2 Å². The molecule has 1 amide bonds. The van der Waals surface area contributed by atoms with Crippen molar-refractivity contribution in [1.29, 1.82) is 0 Å². The number of benzene rings is 2. The maximum Gasteiger partial charge on any atom is 0.257 e. The molecule has 4 aromatic rings. The Hall–Kier alpha value is -3.33. The van der Waals surface area contributed by atoms with Gasteiger partial charge in [-0.15, -0.1) is 5.10 Å². The van der Waals surface area contributed by atoms with E-state index in [1.165, 1.54) is 11.3 Å². The van der Waals surface area contributed by atoms with Crippen LogP contribution in [0.4, 0.5) is 5.13 Å². The molecule has 0 aliphatic rings. The Morgan fingerprint density at radius 3 is 2.71 bits per heavy atom. The third-order valence-electron chi connectivity index (χ3n) is 4.05. The Morgan fingerprint density at radius 2 is 1.96 bits per heavy atom. The molecule has 0 radical (unpaired) electrons. The third-order valence-corrected chi connectivity index (χ3v) is 5.00. The van der Waals surface area contributed by atoms with Gasteiger partial charge in [0.25, 0.3) is 5.91 Å². The van der Waals surface area contributed by atoms with Crippen molar-refractivity contribution in [3.63, 3.8) is 0 Å². The Morgan fingerprint density at radius 1 is 1.18 bits per heavy atom. The van der Waals surface area contributed by atoms with Gasteiger partial charge in [0.2, 0.25) is 0 Å². The zero-order chi connectivity index (χ0) is 19.5. The highest BCUT2D eigenvalue weighted by Gasteiger charge is 2.12. The summed E-state index contributed by atoms with van der Waals surface area (Å²) < 4.78 is 8.47. The molecule has 0 fully saturated rings. The number of nitrogens with one attached hydrogen (secondary N) is 1. The van der Waals surface area contributed by atoms with Crippen LogP contribution in [0.3, 0.4) is 0 Å². The smallest absolute Gasteiger partial charge is 0.257 e. The lowest BCUT2D eigenvalue weighted by atomic mass is 10.2. The Kier molecular flexibility index (Phi) is 4.98. The molecule has 2 aromatic heterocycles. The fraction of sp³-hybridized carbons (Fsp3) is 0.211. The summed E-state index contributed by atoms with van der Waals surface area (Å²) in [6.07, 6.45) is 0. The largest absolute Gasteiger partial charge is 0.486 e. The summed E-state index contributed by atoms with van der Waals surface area (Å²) in [5, 5.41) is 15.0. The summed E-state index contributed by atoms with van der Waals surface area (Å²) in [7, 11) is 0. The van der Waals surface area contributed by atoms with Crippen molar-refractivity contribution in [3.05, 3.63) is 59.9 Å². The van der Waals surface area contributed by atoms with Crippen LogP contribution in [0.2, 0.25) is 0 Å². The monoisotopic (exact) mass is 394 g/mol. The van der Waals surface area contributed by atoms with Crippen LogP contribution in [0, 0.1) is 0 Å². The normalized spacial score (nSPS) is 11.1. The van der Waals surface area contributed by atoms with Gasteiger partial charge in [0.05, 0.1) is 16.3 Å². The van der Waals surface area contributed by atoms with E-state index >= 15 is 0 Å². The summed E-state index contributed by atoms with van der Waals surface area (Å²) in [6.45, 7) is 4.25. The van der Waals surface area contributed by atoms with E-state index in [1.54, 1.807) is 28.9 Å². The summed E-state index contributed by atoms with van der Waals surface area (Å²) in [5.74, 6) is 1.07. The van der Waals surface area contributed by atoms with Gasteiger partial charge in [0, 0.05) is 5.56 Å². The molecule has 0 bridgehead atoms. The van der Waals surface area contributed by atoms with Crippen molar-refractivity contribution in [2.24, 2.45) is 0 Å². The van der Waals surface area contributed by atoms with Crippen LogP contribution < -0.4 is 10.1 Å². The number of hydrogen-bond acceptors (Lipinski definition) is 7. The number of aromatic nitrogens is 5. The van der Waals surface area contributed by atoms with Crippen molar-refractivity contribution in [2.45, 2.75) is 26.5 Å². The molecule has 9 heteroatoms. The molecule has 0 saturated heterocycles. The van der Waals surface area contributed by atoms with Gasteiger partial charge in [-0.05, 0) is 60.7 Å². The topological polar surface area (TPSA) is 94.8 Å². The summed E-state index contributed by atoms with van der Waals surface area (Å²) >= 11 is 1.44. The van der Waals surface area contributed by atoms with Gasteiger partial charge in [-0.3, -0.25) is 10.1 Å². The van der Waals surface area contributed by atoms with Crippen LogP contribution in [-0.2, 0) is 6.61 Å². The first-order chi connectivity index (χ1) is 13.6. The number of rotatable bonds is 6. The highest BCUT2D eigenvalue weighted by atomic mass is 32.1. The van der Waals surface area contributed by atoms with Crippen LogP contribution in [0.15, 0.2) is 48.5 Å². The number of carbonyl (C=O) groups excluding carboxylic acids is 1. The average Bonchev–Trinajstić information content (AvgIpc) is 3.33. The van der Waals surface area contributed by atoms with Crippen LogP contribution in [0.1, 0.15) is 36.1 Å². The zero-order valence-electron chi connectivity index (χ0n) is 15.4. The van der Waals surface area contributed by atoms with Gasteiger partial charge in [-0.2, -0.15) is 0 Å². The molecule has 0 aliphatic carbocycles. The summed E-state index contributed by atoms with van der Waals surface area (Å²) in [6, 6.07) is 14.8. The second-order valence-electron chi connectivity index (χ2n) is 6.39. The average molecular weight is 394 g/mol. The van der Waals surface area contributed by atoms with Gasteiger partial charge >= 0.3 is 0 Å². The van der Waals surface area contributed by atoms with Crippen molar-refractivity contribution >= 4 is 32.6 Å². The van der Waals surface area contributed by atoms with Gasteiger partial charge < -0.3 is 4.74 Å². The first-order valence-corrected chi connectivity index (χ1v) is 9.58. The molecule has 0 atom stereocenters. The Balaban J connectivity index is 1.39. The number of thiazole rings is 1. The SMILES string of the molecule is CC(C)n1nnnc1COc1ccc(C(=O)Nc2nc3ccccc3s2)cc1. The quantitative estimate of drug-likeness (QED) is 0.536. The molecule has 0 unspecified atom stereocenters. The predicted octanol–water partition coefficient (Wildman–Crippen LogP) is 3.70. The number of nitrogens with zero attached hydrogens (tertiary/aromatic N) is 5.